The zero-order chi connectivity index (χ0) is 9.97. The maximum absolute atomic E-state index is 10.8. The summed E-state index contributed by atoms with van der Waals surface area (Å²) < 4.78 is 0. The van der Waals surface area contributed by atoms with Gasteiger partial charge >= 0.3 is 0 Å². The van der Waals surface area contributed by atoms with Gasteiger partial charge in [-0.1, -0.05) is 0 Å². The predicted molar refractivity (Wildman–Crippen MR) is 55.5 cm³/mol. The summed E-state index contributed by atoms with van der Waals surface area (Å²) in [6.07, 6.45) is 2.48. The molecule has 14 heavy (non-hydrogen) atoms. The van der Waals surface area contributed by atoms with Gasteiger partial charge in [-0.3, -0.25) is 4.79 Å². The van der Waals surface area contributed by atoms with E-state index in [1.54, 1.807) is 6.20 Å². The Hall–Kier alpha value is -1.55. The van der Waals surface area contributed by atoms with E-state index in [4.69, 9.17) is 0 Å². The molecule has 0 unspecified atom stereocenters. The van der Waals surface area contributed by atoms with Crippen molar-refractivity contribution in [2.45, 2.75) is 6.92 Å². The average molecular weight is 204 g/mol. The number of rotatable bonds is 2. The van der Waals surface area contributed by atoms with Crippen molar-refractivity contribution in [2.24, 2.45) is 0 Å². The normalized spacial score (nSPS) is 10.1. The molecule has 2 aromatic rings. The van der Waals surface area contributed by atoms with Crippen molar-refractivity contribution in [1.82, 2.24) is 9.97 Å². The SMILES string of the molecule is Cc1ccc(-c2nccs2)c(C=O)n1. The third kappa shape index (κ3) is 1.56. The topological polar surface area (TPSA) is 42.9 Å². The molecule has 0 atom stereocenters. The van der Waals surface area contributed by atoms with E-state index in [-0.39, 0.29) is 0 Å². The smallest absolute Gasteiger partial charge is 0.169 e. The van der Waals surface area contributed by atoms with Gasteiger partial charge in [0.25, 0.3) is 0 Å². The van der Waals surface area contributed by atoms with Crippen LogP contribution in [0.1, 0.15) is 16.2 Å². The van der Waals surface area contributed by atoms with E-state index in [0.717, 1.165) is 22.6 Å². The molecule has 0 fully saturated rings. The number of pyridine rings is 1. The van der Waals surface area contributed by atoms with E-state index in [1.807, 2.05) is 24.4 Å². The van der Waals surface area contributed by atoms with Crippen LogP contribution >= 0.6 is 11.3 Å². The van der Waals surface area contributed by atoms with Crippen LogP contribution in [0.2, 0.25) is 0 Å². The summed E-state index contributed by atoms with van der Waals surface area (Å²) in [6, 6.07) is 3.76. The second-order valence-corrected chi connectivity index (χ2v) is 3.74. The van der Waals surface area contributed by atoms with Crippen LogP contribution in [-0.4, -0.2) is 16.3 Å². The van der Waals surface area contributed by atoms with Gasteiger partial charge < -0.3 is 0 Å². The van der Waals surface area contributed by atoms with Crippen molar-refractivity contribution >= 4 is 17.6 Å². The van der Waals surface area contributed by atoms with Gasteiger partial charge in [-0.15, -0.1) is 11.3 Å². The Bertz CT molecular complexity index is 451. The average Bonchev–Trinajstić information content (AvgIpc) is 2.70. The van der Waals surface area contributed by atoms with Crippen LogP contribution in [0.4, 0.5) is 0 Å². The third-order valence-electron chi connectivity index (χ3n) is 1.84. The fourth-order valence-corrected chi connectivity index (χ4v) is 1.88. The molecule has 0 aromatic carbocycles. The minimum atomic E-state index is 0.458. The molecule has 0 aliphatic heterocycles. The Labute approximate surface area is 85.5 Å². The van der Waals surface area contributed by atoms with Gasteiger partial charge in [0, 0.05) is 22.8 Å². The summed E-state index contributed by atoms with van der Waals surface area (Å²) in [6.45, 7) is 1.86. The van der Waals surface area contributed by atoms with Gasteiger partial charge in [-0.05, 0) is 19.1 Å². The van der Waals surface area contributed by atoms with Crippen molar-refractivity contribution in [3.63, 3.8) is 0 Å². The lowest BCUT2D eigenvalue weighted by Gasteiger charge is -2.00. The lowest BCUT2D eigenvalue weighted by molar-refractivity contribution is 0.111. The van der Waals surface area contributed by atoms with E-state index in [0.29, 0.717) is 5.69 Å². The predicted octanol–water partition coefficient (Wildman–Crippen LogP) is 2.33. The summed E-state index contributed by atoms with van der Waals surface area (Å²) >= 11 is 1.50. The standard InChI is InChI=1S/C10H8N2OS/c1-7-2-3-8(9(6-13)12-7)10-11-4-5-14-10/h2-6H,1H3. The second kappa shape index (κ2) is 3.67. The number of carbonyl (C=O) groups is 1. The largest absolute Gasteiger partial charge is 0.296 e. The van der Waals surface area contributed by atoms with Crippen molar-refractivity contribution in [1.29, 1.82) is 0 Å². The Balaban J connectivity index is 2.58. The zero-order valence-electron chi connectivity index (χ0n) is 7.60. The van der Waals surface area contributed by atoms with Crippen molar-refractivity contribution in [3.05, 3.63) is 35.1 Å². The Morgan fingerprint density at radius 2 is 2.29 bits per heavy atom. The molecule has 0 spiro atoms. The third-order valence-corrected chi connectivity index (χ3v) is 2.64. The molecule has 0 saturated heterocycles. The second-order valence-electron chi connectivity index (χ2n) is 2.84. The molecule has 0 bridgehead atoms. The molecule has 3 nitrogen and oxygen atoms in total. The van der Waals surface area contributed by atoms with Crippen molar-refractivity contribution in [2.75, 3.05) is 0 Å². The first kappa shape index (κ1) is 9.02. The lowest BCUT2D eigenvalue weighted by atomic mass is 10.2. The number of carbonyl (C=O) groups excluding carboxylic acids is 1. The Kier molecular flexibility index (Phi) is 2.37. The molecule has 0 N–H and O–H groups in total. The van der Waals surface area contributed by atoms with Crippen LogP contribution in [0.5, 0.6) is 0 Å². The number of thiazole rings is 1. The molecular formula is C10H8N2OS. The first-order valence-corrected chi connectivity index (χ1v) is 5.02. The molecule has 70 valence electrons. The molecular weight excluding hydrogens is 196 g/mol. The molecule has 0 aliphatic carbocycles. The van der Waals surface area contributed by atoms with Crippen LogP contribution in [0, 0.1) is 6.92 Å². The van der Waals surface area contributed by atoms with Gasteiger partial charge in [0.15, 0.2) is 6.29 Å². The van der Waals surface area contributed by atoms with Gasteiger partial charge in [0.05, 0.1) is 0 Å². The maximum atomic E-state index is 10.8. The first-order chi connectivity index (χ1) is 6.81. The monoisotopic (exact) mass is 204 g/mol. The molecule has 0 aliphatic rings. The molecule has 0 amide bonds. The summed E-state index contributed by atoms with van der Waals surface area (Å²) in [4.78, 5) is 19.1. The van der Waals surface area contributed by atoms with Gasteiger partial charge in [0.1, 0.15) is 10.7 Å². The van der Waals surface area contributed by atoms with Crippen molar-refractivity contribution in [3.8, 4) is 10.6 Å². The Morgan fingerprint density at radius 1 is 1.43 bits per heavy atom. The molecule has 2 aromatic heterocycles. The Morgan fingerprint density at radius 3 is 2.93 bits per heavy atom. The fraction of sp³-hybridized carbons (Fsp3) is 0.100. The van der Waals surface area contributed by atoms with Gasteiger partial charge in [-0.2, -0.15) is 0 Å². The highest BCUT2D eigenvalue weighted by molar-refractivity contribution is 7.13. The number of hydrogen-bond acceptors (Lipinski definition) is 4. The van der Waals surface area contributed by atoms with E-state index in [1.165, 1.54) is 11.3 Å². The van der Waals surface area contributed by atoms with Gasteiger partial charge in [-0.25, -0.2) is 9.97 Å². The van der Waals surface area contributed by atoms with Crippen LogP contribution in [0.3, 0.4) is 0 Å². The highest BCUT2D eigenvalue weighted by Crippen LogP contribution is 2.23. The molecule has 2 rings (SSSR count). The number of aryl methyl sites for hydroxylation is 1. The number of hydrogen-bond donors (Lipinski definition) is 0. The summed E-state index contributed by atoms with van der Waals surface area (Å²) in [5.41, 5.74) is 2.10. The molecule has 0 saturated carbocycles. The van der Waals surface area contributed by atoms with Crippen LogP contribution < -0.4 is 0 Å². The molecule has 4 heteroatoms. The van der Waals surface area contributed by atoms with Crippen molar-refractivity contribution < 1.29 is 4.79 Å². The maximum Gasteiger partial charge on any atom is 0.169 e. The first-order valence-electron chi connectivity index (χ1n) is 4.14. The number of nitrogens with zero attached hydrogens (tertiary/aromatic N) is 2. The fourth-order valence-electron chi connectivity index (χ4n) is 1.20. The number of aldehydes is 1. The van der Waals surface area contributed by atoms with E-state index >= 15 is 0 Å². The highest BCUT2D eigenvalue weighted by atomic mass is 32.1. The zero-order valence-corrected chi connectivity index (χ0v) is 8.41. The quantitative estimate of drug-likeness (QED) is 0.705. The summed E-state index contributed by atoms with van der Waals surface area (Å²) in [7, 11) is 0. The highest BCUT2D eigenvalue weighted by Gasteiger charge is 2.07. The number of aromatic nitrogens is 2. The minimum Gasteiger partial charge on any atom is -0.296 e. The summed E-state index contributed by atoms with van der Waals surface area (Å²) in [5, 5.41) is 2.71. The van der Waals surface area contributed by atoms with Crippen LogP contribution in [0.25, 0.3) is 10.6 Å². The molecule has 2 heterocycles. The van der Waals surface area contributed by atoms with Crippen LogP contribution in [0.15, 0.2) is 23.7 Å². The van der Waals surface area contributed by atoms with E-state index in [2.05, 4.69) is 9.97 Å². The summed E-state index contributed by atoms with van der Waals surface area (Å²) in [5.74, 6) is 0. The van der Waals surface area contributed by atoms with Gasteiger partial charge in [0.2, 0.25) is 0 Å². The molecule has 0 radical (unpaired) electrons. The lowest BCUT2D eigenvalue weighted by Crippen LogP contribution is -1.93. The van der Waals surface area contributed by atoms with E-state index in [9.17, 15) is 4.79 Å². The van der Waals surface area contributed by atoms with Crippen LogP contribution in [-0.2, 0) is 0 Å². The minimum absolute atomic E-state index is 0.458. The van der Waals surface area contributed by atoms with E-state index < -0.39 is 0 Å².